The fraction of sp³-hybridized carbons (Fsp3) is 0.700. The molecule has 3 N–H and O–H groups in total. The normalized spacial score (nSPS) is 24.2. The number of thiocarbonyl (C=S) groups is 1. The topological polar surface area (TPSA) is 75.4 Å². The second-order valence-corrected chi connectivity index (χ2v) is 4.87. The van der Waals surface area contributed by atoms with Crippen LogP contribution in [0.3, 0.4) is 0 Å². The first-order chi connectivity index (χ1) is 7.39. The number of nitrogens with zero attached hydrogens (tertiary/aromatic N) is 1. The molecule has 2 amide bonds. The smallest absolute Gasteiger partial charge is 0.229 e. The molecule has 1 fully saturated rings. The van der Waals surface area contributed by atoms with E-state index < -0.39 is 5.41 Å². The Bertz CT molecular complexity index is 332. The molecule has 1 heterocycles. The van der Waals surface area contributed by atoms with Crippen molar-refractivity contribution in [2.75, 3.05) is 20.1 Å². The number of likely N-dealkylation sites (tertiary alicyclic amines) is 1. The lowest BCUT2D eigenvalue weighted by Crippen LogP contribution is -2.40. The molecule has 0 aromatic heterocycles. The lowest BCUT2D eigenvalue weighted by Gasteiger charge is -2.22. The fourth-order valence-corrected chi connectivity index (χ4v) is 2.05. The molecule has 0 aromatic carbocycles. The number of carbonyl (C=O) groups excluding carboxylic acids is 2. The quantitative estimate of drug-likeness (QED) is 0.664. The number of nitrogens with two attached hydrogens (primary N) is 1. The van der Waals surface area contributed by atoms with Gasteiger partial charge in [-0.05, 0) is 13.3 Å². The molecular weight excluding hydrogens is 226 g/mol. The maximum absolute atomic E-state index is 11.7. The standard InChI is InChI=1S/C10H17N3O2S/c1-10(9(15)12-2)3-4-13(6-10)8(14)5-7(11)16/h3-6H2,1-2H3,(H2,11,16)(H,12,15). The lowest BCUT2D eigenvalue weighted by atomic mass is 9.89. The molecule has 6 heteroatoms. The zero-order valence-corrected chi connectivity index (χ0v) is 10.4. The molecule has 0 radical (unpaired) electrons. The molecule has 0 spiro atoms. The molecule has 1 unspecified atom stereocenters. The van der Waals surface area contributed by atoms with E-state index >= 15 is 0 Å². The van der Waals surface area contributed by atoms with E-state index in [9.17, 15) is 9.59 Å². The molecule has 5 nitrogen and oxygen atoms in total. The van der Waals surface area contributed by atoms with Crippen LogP contribution < -0.4 is 11.1 Å². The van der Waals surface area contributed by atoms with Crippen molar-refractivity contribution in [3.05, 3.63) is 0 Å². The average Bonchev–Trinajstić information content (AvgIpc) is 2.60. The first-order valence-electron chi connectivity index (χ1n) is 5.17. The van der Waals surface area contributed by atoms with E-state index in [1.165, 1.54) is 0 Å². The molecule has 1 aliphatic rings. The molecular formula is C10H17N3O2S. The summed E-state index contributed by atoms with van der Waals surface area (Å²) < 4.78 is 0. The molecule has 1 rings (SSSR count). The number of amides is 2. The number of carbonyl (C=O) groups is 2. The Morgan fingerprint density at radius 3 is 2.69 bits per heavy atom. The number of hydrogen-bond acceptors (Lipinski definition) is 3. The van der Waals surface area contributed by atoms with Gasteiger partial charge >= 0.3 is 0 Å². The van der Waals surface area contributed by atoms with E-state index in [1.54, 1.807) is 11.9 Å². The molecule has 0 aliphatic carbocycles. The lowest BCUT2D eigenvalue weighted by molar-refractivity contribution is -0.131. The van der Waals surface area contributed by atoms with E-state index in [1.807, 2.05) is 6.92 Å². The van der Waals surface area contributed by atoms with Crippen LogP contribution in [0.5, 0.6) is 0 Å². The summed E-state index contributed by atoms with van der Waals surface area (Å²) in [5, 5.41) is 2.62. The maximum Gasteiger partial charge on any atom is 0.229 e. The Morgan fingerprint density at radius 1 is 1.56 bits per heavy atom. The summed E-state index contributed by atoms with van der Waals surface area (Å²) in [6.07, 6.45) is 0.759. The molecule has 1 atom stereocenters. The van der Waals surface area contributed by atoms with Crippen LogP contribution in [0.4, 0.5) is 0 Å². The minimum absolute atomic E-state index is 0.0295. The Morgan fingerprint density at radius 2 is 2.19 bits per heavy atom. The van der Waals surface area contributed by atoms with Crippen molar-refractivity contribution in [3.8, 4) is 0 Å². The van der Waals surface area contributed by atoms with Crippen molar-refractivity contribution in [2.24, 2.45) is 11.1 Å². The molecule has 0 aromatic rings. The third-order valence-electron chi connectivity index (χ3n) is 2.93. The van der Waals surface area contributed by atoms with Gasteiger partial charge in [0.2, 0.25) is 11.8 Å². The van der Waals surface area contributed by atoms with Crippen molar-refractivity contribution in [3.63, 3.8) is 0 Å². The van der Waals surface area contributed by atoms with Gasteiger partial charge in [0.05, 0.1) is 16.8 Å². The third-order valence-corrected chi connectivity index (χ3v) is 3.07. The van der Waals surface area contributed by atoms with Gasteiger partial charge in [-0.15, -0.1) is 0 Å². The Labute approximate surface area is 100 Å². The van der Waals surface area contributed by atoms with Crippen molar-refractivity contribution < 1.29 is 9.59 Å². The van der Waals surface area contributed by atoms with E-state index in [0.29, 0.717) is 19.5 Å². The zero-order valence-electron chi connectivity index (χ0n) is 9.58. The zero-order chi connectivity index (χ0) is 12.3. The van der Waals surface area contributed by atoms with E-state index in [4.69, 9.17) is 5.73 Å². The molecule has 0 saturated carbocycles. The predicted octanol–water partition coefficient (Wildman–Crippen LogP) is -0.353. The molecule has 90 valence electrons. The fourth-order valence-electron chi connectivity index (χ4n) is 1.92. The van der Waals surface area contributed by atoms with Gasteiger partial charge in [0.1, 0.15) is 0 Å². The van der Waals surface area contributed by atoms with Crippen LogP contribution >= 0.6 is 12.2 Å². The Hall–Kier alpha value is -1.17. The molecule has 0 bridgehead atoms. The van der Waals surface area contributed by atoms with E-state index in [0.717, 1.165) is 0 Å². The van der Waals surface area contributed by atoms with Crippen LogP contribution in [-0.4, -0.2) is 41.8 Å². The van der Waals surface area contributed by atoms with Crippen LogP contribution in [0.15, 0.2) is 0 Å². The Kier molecular flexibility index (Phi) is 3.85. The molecule has 1 saturated heterocycles. The second-order valence-electron chi connectivity index (χ2n) is 4.35. The average molecular weight is 243 g/mol. The summed E-state index contributed by atoms with van der Waals surface area (Å²) in [4.78, 5) is 25.1. The van der Waals surface area contributed by atoms with Crippen LogP contribution in [-0.2, 0) is 9.59 Å². The maximum atomic E-state index is 11.7. The van der Waals surface area contributed by atoms with Crippen LogP contribution in [0.1, 0.15) is 19.8 Å². The summed E-state index contributed by atoms with van der Waals surface area (Å²) >= 11 is 4.69. The third kappa shape index (κ3) is 2.69. The Balaban J connectivity index is 2.61. The predicted molar refractivity (Wildman–Crippen MR) is 64.8 cm³/mol. The van der Waals surface area contributed by atoms with Crippen LogP contribution in [0, 0.1) is 5.41 Å². The summed E-state index contributed by atoms with van der Waals surface area (Å²) in [6, 6.07) is 0. The van der Waals surface area contributed by atoms with Gasteiger partial charge in [0.25, 0.3) is 0 Å². The minimum atomic E-state index is -0.485. The van der Waals surface area contributed by atoms with Crippen molar-refractivity contribution >= 4 is 29.0 Å². The summed E-state index contributed by atoms with van der Waals surface area (Å²) in [6.45, 7) is 2.89. The van der Waals surface area contributed by atoms with Crippen molar-refractivity contribution in [1.29, 1.82) is 0 Å². The summed E-state index contributed by atoms with van der Waals surface area (Å²) in [5.74, 6) is -0.127. The number of hydrogen-bond donors (Lipinski definition) is 2. The van der Waals surface area contributed by atoms with Gasteiger partial charge in [0.15, 0.2) is 0 Å². The van der Waals surface area contributed by atoms with E-state index in [2.05, 4.69) is 17.5 Å². The monoisotopic (exact) mass is 243 g/mol. The highest BCUT2D eigenvalue weighted by atomic mass is 32.1. The highest BCUT2D eigenvalue weighted by Gasteiger charge is 2.41. The van der Waals surface area contributed by atoms with Crippen molar-refractivity contribution in [2.45, 2.75) is 19.8 Å². The van der Waals surface area contributed by atoms with Gasteiger partial charge in [-0.2, -0.15) is 0 Å². The molecule has 16 heavy (non-hydrogen) atoms. The first-order valence-corrected chi connectivity index (χ1v) is 5.58. The minimum Gasteiger partial charge on any atom is -0.393 e. The largest absolute Gasteiger partial charge is 0.393 e. The SMILES string of the molecule is CNC(=O)C1(C)CCN(C(=O)CC(N)=S)C1. The van der Waals surface area contributed by atoms with Crippen LogP contribution in [0.2, 0.25) is 0 Å². The molecule has 1 aliphatic heterocycles. The number of nitrogens with one attached hydrogen (secondary N) is 1. The van der Waals surface area contributed by atoms with Crippen molar-refractivity contribution in [1.82, 2.24) is 10.2 Å². The highest BCUT2D eigenvalue weighted by molar-refractivity contribution is 7.80. The summed E-state index contributed by atoms with van der Waals surface area (Å²) in [7, 11) is 1.60. The van der Waals surface area contributed by atoms with Gasteiger partial charge < -0.3 is 16.0 Å². The van der Waals surface area contributed by atoms with Gasteiger partial charge in [-0.25, -0.2) is 0 Å². The van der Waals surface area contributed by atoms with Gasteiger partial charge in [-0.3, -0.25) is 9.59 Å². The first kappa shape index (κ1) is 12.9. The van der Waals surface area contributed by atoms with Gasteiger partial charge in [-0.1, -0.05) is 12.2 Å². The highest BCUT2D eigenvalue weighted by Crippen LogP contribution is 2.30. The number of rotatable bonds is 3. The summed E-state index contributed by atoms with van der Waals surface area (Å²) in [5.41, 5.74) is 4.83. The second kappa shape index (κ2) is 4.78. The van der Waals surface area contributed by atoms with E-state index in [-0.39, 0.29) is 23.2 Å². The van der Waals surface area contributed by atoms with Crippen LogP contribution in [0.25, 0.3) is 0 Å². The van der Waals surface area contributed by atoms with Gasteiger partial charge in [0, 0.05) is 20.1 Å².